The number of benzene rings is 3. The average molecular weight is 428 g/mol. The Balaban J connectivity index is 1.63. The molecule has 0 aliphatic carbocycles. The van der Waals surface area contributed by atoms with Crippen LogP contribution in [-0.4, -0.2) is 39.2 Å². The van der Waals surface area contributed by atoms with Crippen molar-refractivity contribution >= 4 is 12.1 Å². The summed E-state index contributed by atoms with van der Waals surface area (Å²) in [5, 5.41) is 27.9. The quantitative estimate of drug-likeness (QED) is 0.320. The molecule has 0 fully saturated rings. The number of aromatic hydroxyl groups is 2. The van der Waals surface area contributed by atoms with Gasteiger partial charge in [-0.3, -0.25) is 4.79 Å². The minimum Gasteiger partial charge on any atom is -0.508 e. The summed E-state index contributed by atoms with van der Waals surface area (Å²) in [7, 11) is 1.60. The topological polar surface area (TPSA) is 109 Å². The number of rotatable bonds is 6. The highest BCUT2D eigenvalue weighted by Gasteiger charge is 2.13. The first-order valence-corrected chi connectivity index (χ1v) is 9.70. The van der Waals surface area contributed by atoms with Crippen LogP contribution in [-0.2, 0) is 0 Å². The Bertz CT molecular complexity index is 1270. The van der Waals surface area contributed by atoms with Crippen molar-refractivity contribution in [3.63, 3.8) is 0 Å². The predicted molar refractivity (Wildman–Crippen MR) is 120 cm³/mol. The molecule has 3 aromatic carbocycles. The monoisotopic (exact) mass is 428 g/mol. The summed E-state index contributed by atoms with van der Waals surface area (Å²) < 4.78 is 6.96. The fourth-order valence-electron chi connectivity index (χ4n) is 3.10. The minimum atomic E-state index is -0.611. The van der Waals surface area contributed by atoms with E-state index in [9.17, 15) is 15.0 Å². The number of aromatic nitrogens is 2. The number of phenols is 2. The molecule has 0 saturated carbocycles. The van der Waals surface area contributed by atoms with Crippen LogP contribution in [0.4, 0.5) is 0 Å². The molecule has 0 radical (unpaired) electrons. The van der Waals surface area contributed by atoms with Gasteiger partial charge in [-0.05, 0) is 48.5 Å². The van der Waals surface area contributed by atoms with E-state index in [2.05, 4.69) is 10.5 Å². The number of hydrogen-bond donors (Lipinski definition) is 3. The van der Waals surface area contributed by atoms with E-state index in [-0.39, 0.29) is 17.1 Å². The van der Waals surface area contributed by atoms with Crippen molar-refractivity contribution in [3.8, 4) is 34.2 Å². The van der Waals surface area contributed by atoms with Gasteiger partial charge >= 0.3 is 0 Å². The second-order valence-electron chi connectivity index (χ2n) is 6.84. The third-order valence-electron chi connectivity index (χ3n) is 4.72. The molecule has 1 aromatic heterocycles. The van der Waals surface area contributed by atoms with Crippen LogP contribution in [0.1, 0.15) is 15.9 Å². The standard InChI is InChI=1S/C24H20N4O4/c1-32-20-10-7-16(8-11-20)23-17(15-28(27-23)18-5-3-2-4-6-18)14-25-26-24(31)21-12-9-19(29)13-22(21)30/h2-15,29-30H,1H3,(H,26,31)/b25-14-. The van der Waals surface area contributed by atoms with Gasteiger partial charge in [-0.15, -0.1) is 0 Å². The van der Waals surface area contributed by atoms with Crippen molar-refractivity contribution in [2.75, 3.05) is 7.11 Å². The Labute approximate surface area is 184 Å². The zero-order valence-corrected chi connectivity index (χ0v) is 17.1. The number of amides is 1. The van der Waals surface area contributed by atoms with Crippen LogP contribution in [0, 0.1) is 0 Å². The molecule has 160 valence electrons. The molecule has 0 atom stereocenters. The SMILES string of the molecule is COc1ccc(-c2nn(-c3ccccc3)cc2/C=N\NC(=O)c2ccc(O)cc2O)cc1. The number of hydrogen-bond acceptors (Lipinski definition) is 6. The summed E-state index contributed by atoms with van der Waals surface area (Å²) >= 11 is 0. The molecule has 0 aliphatic heterocycles. The van der Waals surface area contributed by atoms with Gasteiger partial charge in [-0.2, -0.15) is 10.2 Å². The molecule has 0 unspecified atom stereocenters. The first-order chi connectivity index (χ1) is 15.5. The van der Waals surface area contributed by atoms with Crippen molar-refractivity contribution in [2.24, 2.45) is 5.10 Å². The number of hydrazone groups is 1. The molecule has 0 spiro atoms. The van der Waals surface area contributed by atoms with Crippen molar-refractivity contribution in [1.29, 1.82) is 0 Å². The summed E-state index contributed by atoms with van der Waals surface area (Å²) in [4.78, 5) is 12.3. The lowest BCUT2D eigenvalue weighted by Gasteiger charge is -2.03. The number of carbonyl (C=O) groups excluding carboxylic acids is 1. The fourth-order valence-corrected chi connectivity index (χ4v) is 3.10. The lowest BCUT2D eigenvalue weighted by atomic mass is 10.1. The summed E-state index contributed by atoms with van der Waals surface area (Å²) in [5.41, 5.74) is 5.45. The predicted octanol–water partition coefficient (Wildman–Crippen LogP) is 3.72. The third kappa shape index (κ3) is 4.44. The summed E-state index contributed by atoms with van der Waals surface area (Å²) in [6.07, 6.45) is 3.30. The highest BCUT2D eigenvalue weighted by molar-refractivity contribution is 5.98. The summed E-state index contributed by atoms with van der Waals surface area (Å²) in [6.45, 7) is 0. The number of methoxy groups -OCH3 is 1. The largest absolute Gasteiger partial charge is 0.508 e. The lowest BCUT2D eigenvalue weighted by Crippen LogP contribution is -2.17. The van der Waals surface area contributed by atoms with E-state index in [1.54, 1.807) is 11.8 Å². The molecule has 4 aromatic rings. The Hall–Kier alpha value is -4.59. The zero-order valence-electron chi connectivity index (χ0n) is 17.1. The third-order valence-corrected chi connectivity index (χ3v) is 4.72. The van der Waals surface area contributed by atoms with E-state index in [0.29, 0.717) is 11.3 Å². The number of ether oxygens (including phenoxy) is 1. The number of para-hydroxylation sites is 1. The molecule has 0 aliphatic rings. The van der Waals surface area contributed by atoms with Crippen molar-refractivity contribution < 1.29 is 19.7 Å². The maximum absolute atomic E-state index is 12.3. The average Bonchev–Trinajstić information content (AvgIpc) is 3.24. The lowest BCUT2D eigenvalue weighted by molar-refractivity contribution is 0.0952. The molecule has 4 rings (SSSR count). The normalized spacial score (nSPS) is 10.9. The second kappa shape index (κ2) is 9.05. The molecule has 32 heavy (non-hydrogen) atoms. The Morgan fingerprint density at radius 1 is 1.06 bits per heavy atom. The number of nitrogens with zero attached hydrogens (tertiary/aromatic N) is 3. The Morgan fingerprint density at radius 2 is 1.81 bits per heavy atom. The maximum Gasteiger partial charge on any atom is 0.275 e. The smallest absolute Gasteiger partial charge is 0.275 e. The van der Waals surface area contributed by atoms with Gasteiger partial charge in [-0.1, -0.05) is 18.2 Å². The Morgan fingerprint density at radius 3 is 2.50 bits per heavy atom. The molecule has 8 nitrogen and oxygen atoms in total. The van der Waals surface area contributed by atoms with Gasteiger partial charge in [0.25, 0.3) is 5.91 Å². The molecular weight excluding hydrogens is 408 g/mol. The molecule has 3 N–H and O–H groups in total. The van der Waals surface area contributed by atoms with E-state index in [1.807, 2.05) is 60.8 Å². The Kier molecular flexibility index (Phi) is 5.85. The van der Waals surface area contributed by atoms with Crippen molar-refractivity contribution in [3.05, 3.63) is 90.1 Å². The zero-order chi connectivity index (χ0) is 22.5. The minimum absolute atomic E-state index is 0.00434. The first kappa shape index (κ1) is 20.7. The molecule has 1 heterocycles. The molecule has 1 amide bonds. The molecule has 8 heteroatoms. The van der Waals surface area contributed by atoms with Gasteiger partial charge in [0.15, 0.2) is 0 Å². The van der Waals surface area contributed by atoms with E-state index in [1.165, 1.54) is 18.3 Å². The number of carbonyl (C=O) groups is 1. The van der Waals surface area contributed by atoms with Gasteiger partial charge in [0, 0.05) is 23.4 Å². The van der Waals surface area contributed by atoms with Gasteiger partial charge in [0.05, 0.1) is 24.6 Å². The van der Waals surface area contributed by atoms with Crippen LogP contribution in [0.3, 0.4) is 0 Å². The molecule has 0 saturated heterocycles. The fraction of sp³-hybridized carbons (Fsp3) is 0.0417. The molecular formula is C24H20N4O4. The first-order valence-electron chi connectivity index (χ1n) is 9.70. The highest BCUT2D eigenvalue weighted by atomic mass is 16.5. The molecule has 0 bridgehead atoms. The van der Waals surface area contributed by atoms with Gasteiger partial charge < -0.3 is 14.9 Å². The van der Waals surface area contributed by atoms with E-state index >= 15 is 0 Å². The van der Waals surface area contributed by atoms with Crippen LogP contribution >= 0.6 is 0 Å². The number of nitrogens with one attached hydrogen (secondary N) is 1. The summed E-state index contributed by atoms with van der Waals surface area (Å²) in [5.74, 6) is -0.360. The second-order valence-corrected chi connectivity index (χ2v) is 6.84. The van der Waals surface area contributed by atoms with Crippen LogP contribution in [0.25, 0.3) is 16.9 Å². The van der Waals surface area contributed by atoms with Gasteiger partial charge in [0.1, 0.15) is 22.9 Å². The maximum atomic E-state index is 12.3. The van der Waals surface area contributed by atoms with Crippen molar-refractivity contribution in [2.45, 2.75) is 0 Å². The number of phenolic OH excluding ortho intramolecular Hbond substituents is 2. The van der Waals surface area contributed by atoms with Crippen LogP contribution < -0.4 is 10.2 Å². The van der Waals surface area contributed by atoms with Gasteiger partial charge in [-0.25, -0.2) is 10.1 Å². The van der Waals surface area contributed by atoms with Gasteiger partial charge in [0.2, 0.25) is 0 Å². The van der Waals surface area contributed by atoms with Crippen molar-refractivity contribution in [1.82, 2.24) is 15.2 Å². The van der Waals surface area contributed by atoms with Crippen LogP contribution in [0.2, 0.25) is 0 Å². The highest BCUT2D eigenvalue weighted by Crippen LogP contribution is 2.25. The van der Waals surface area contributed by atoms with Crippen LogP contribution in [0.15, 0.2) is 84.1 Å². The van der Waals surface area contributed by atoms with E-state index < -0.39 is 5.91 Å². The van der Waals surface area contributed by atoms with Crippen LogP contribution in [0.5, 0.6) is 17.2 Å². The summed E-state index contributed by atoms with van der Waals surface area (Å²) in [6, 6.07) is 20.8. The van der Waals surface area contributed by atoms with E-state index in [0.717, 1.165) is 23.1 Å². The van der Waals surface area contributed by atoms with E-state index in [4.69, 9.17) is 9.84 Å².